The summed E-state index contributed by atoms with van der Waals surface area (Å²) in [6.07, 6.45) is 0.673. The van der Waals surface area contributed by atoms with Crippen molar-refractivity contribution < 1.29 is 13.9 Å². The van der Waals surface area contributed by atoms with Gasteiger partial charge in [0.25, 0.3) is 0 Å². The molecule has 0 saturated heterocycles. The Hall–Kier alpha value is -2.34. The summed E-state index contributed by atoms with van der Waals surface area (Å²) in [7, 11) is 0. The number of oxazole rings is 1. The lowest BCUT2D eigenvalue weighted by Gasteiger charge is -2.33. The zero-order valence-corrected chi connectivity index (χ0v) is 15.0. The molecule has 25 heavy (non-hydrogen) atoms. The summed E-state index contributed by atoms with van der Waals surface area (Å²) < 4.78 is 11.5. The lowest BCUT2D eigenvalue weighted by atomic mass is 9.86. The second-order valence-electron chi connectivity index (χ2n) is 7.43. The molecule has 2 N–H and O–H groups in total. The number of nitrogens with two attached hydrogens (primary N) is 1. The van der Waals surface area contributed by atoms with Crippen molar-refractivity contribution in [2.75, 3.05) is 6.54 Å². The molecule has 0 bridgehead atoms. The predicted molar refractivity (Wildman–Crippen MR) is 93.8 cm³/mol. The summed E-state index contributed by atoms with van der Waals surface area (Å²) in [6.45, 7) is 7.21. The van der Waals surface area contributed by atoms with Gasteiger partial charge in [0.05, 0.1) is 18.3 Å². The Balaban J connectivity index is 1.64. The predicted octanol–water partition coefficient (Wildman–Crippen LogP) is 2.51. The van der Waals surface area contributed by atoms with Crippen LogP contribution in [0.15, 0.2) is 34.7 Å². The molecule has 2 aromatic rings. The van der Waals surface area contributed by atoms with Crippen LogP contribution in [-0.2, 0) is 24.4 Å². The molecular formula is C19H25N3O3. The number of carbonyl (C=O) groups excluding carboxylic acids is 1. The van der Waals surface area contributed by atoms with E-state index in [0.29, 0.717) is 25.4 Å². The maximum Gasteiger partial charge on any atom is 0.240 e. The molecule has 0 saturated carbocycles. The van der Waals surface area contributed by atoms with Crippen LogP contribution in [0, 0.1) is 5.41 Å². The molecule has 1 amide bonds. The largest absolute Gasteiger partial charge is 0.484 e. The van der Waals surface area contributed by atoms with Gasteiger partial charge in [-0.15, -0.1) is 0 Å². The van der Waals surface area contributed by atoms with Crippen LogP contribution in [-0.4, -0.2) is 28.4 Å². The normalized spacial score (nSPS) is 15.6. The molecule has 2 heterocycles. The minimum atomic E-state index is -0.530. The van der Waals surface area contributed by atoms with E-state index in [1.807, 2.05) is 51.1 Å². The van der Waals surface area contributed by atoms with Crippen LogP contribution >= 0.6 is 0 Å². The van der Waals surface area contributed by atoms with Gasteiger partial charge in [-0.25, -0.2) is 4.98 Å². The van der Waals surface area contributed by atoms with Gasteiger partial charge in [-0.2, -0.15) is 0 Å². The van der Waals surface area contributed by atoms with E-state index in [2.05, 4.69) is 4.98 Å². The number of para-hydroxylation sites is 1. The highest BCUT2D eigenvalue weighted by Crippen LogP contribution is 2.24. The zero-order chi connectivity index (χ0) is 18.0. The number of fused-ring (bicyclic) bond motifs is 1. The topological polar surface area (TPSA) is 81.6 Å². The van der Waals surface area contributed by atoms with Gasteiger partial charge in [-0.3, -0.25) is 4.79 Å². The number of aromatic nitrogens is 1. The first-order valence-corrected chi connectivity index (χ1v) is 8.54. The number of amides is 1. The Morgan fingerprint density at radius 1 is 1.36 bits per heavy atom. The number of ether oxygens (including phenoxy) is 1. The van der Waals surface area contributed by atoms with Crippen LogP contribution < -0.4 is 10.5 Å². The highest BCUT2D eigenvalue weighted by Gasteiger charge is 2.34. The molecule has 1 aromatic carbocycles. The molecule has 134 valence electrons. The van der Waals surface area contributed by atoms with Gasteiger partial charge in [-0.1, -0.05) is 39.0 Å². The maximum absolute atomic E-state index is 12.6. The molecule has 1 aliphatic heterocycles. The molecule has 6 heteroatoms. The van der Waals surface area contributed by atoms with E-state index in [0.717, 1.165) is 17.2 Å². The number of nitrogens with zero attached hydrogens (tertiary/aromatic N) is 2. The Kier molecular flexibility index (Phi) is 4.81. The first-order chi connectivity index (χ1) is 11.8. The van der Waals surface area contributed by atoms with Crippen LogP contribution in [0.1, 0.15) is 38.1 Å². The van der Waals surface area contributed by atoms with Crippen LogP contribution in [0.2, 0.25) is 0 Å². The average Bonchev–Trinajstić information content (AvgIpc) is 3.00. The fourth-order valence-corrected chi connectivity index (χ4v) is 2.73. The van der Waals surface area contributed by atoms with Gasteiger partial charge in [-0.05, 0) is 17.5 Å². The number of hydrogen-bond donors (Lipinski definition) is 1. The van der Waals surface area contributed by atoms with Crippen molar-refractivity contribution in [1.29, 1.82) is 0 Å². The molecule has 0 aliphatic carbocycles. The van der Waals surface area contributed by atoms with Gasteiger partial charge in [0.15, 0.2) is 6.61 Å². The van der Waals surface area contributed by atoms with Crippen molar-refractivity contribution in [1.82, 2.24) is 9.88 Å². The van der Waals surface area contributed by atoms with Gasteiger partial charge in [0, 0.05) is 13.0 Å². The second kappa shape index (κ2) is 6.88. The van der Waals surface area contributed by atoms with Crippen molar-refractivity contribution in [3.8, 4) is 5.75 Å². The van der Waals surface area contributed by atoms with Gasteiger partial charge < -0.3 is 19.8 Å². The quantitative estimate of drug-likeness (QED) is 0.922. The molecule has 1 atom stereocenters. The molecule has 0 spiro atoms. The Labute approximate surface area is 148 Å². The molecule has 6 nitrogen and oxygen atoms in total. The fraction of sp³-hybridized carbons (Fsp3) is 0.474. The Morgan fingerprint density at radius 3 is 2.76 bits per heavy atom. The average molecular weight is 343 g/mol. The third-order valence-corrected chi connectivity index (χ3v) is 4.39. The molecule has 3 rings (SSSR count). The number of benzene rings is 1. The van der Waals surface area contributed by atoms with Crippen molar-refractivity contribution in [2.24, 2.45) is 11.1 Å². The smallest absolute Gasteiger partial charge is 0.240 e. The van der Waals surface area contributed by atoms with Crippen LogP contribution in [0.25, 0.3) is 0 Å². The molecule has 0 fully saturated rings. The van der Waals surface area contributed by atoms with Gasteiger partial charge >= 0.3 is 0 Å². The molecule has 0 radical (unpaired) electrons. The zero-order valence-electron chi connectivity index (χ0n) is 15.0. The third kappa shape index (κ3) is 4.02. The van der Waals surface area contributed by atoms with Gasteiger partial charge in [0.1, 0.15) is 11.5 Å². The molecular weight excluding hydrogens is 318 g/mol. The molecule has 1 aliphatic rings. The van der Waals surface area contributed by atoms with Crippen molar-refractivity contribution >= 4 is 5.91 Å². The van der Waals surface area contributed by atoms with Crippen LogP contribution in [0.5, 0.6) is 5.75 Å². The van der Waals surface area contributed by atoms with E-state index in [1.54, 1.807) is 4.90 Å². The lowest BCUT2D eigenvalue weighted by molar-refractivity contribution is -0.136. The lowest BCUT2D eigenvalue weighted by Crippen LogP contribution is -2.51. The van der Waals surface area contributed by atoms with Crippen molar-refractivity contribution in [2.45, 2.75) is 46.4 Å². The van der Waals surface area contributed by atoms with E-state index in [4.69, 9.17) is 14.9 Å². The van der Waals surface area contributed by atoms with Gasteiger partial charge in [0.2, 0.25) is 11.8 Å². The summed E-state index contributed by atoms with van der Waals surface area (Å²) in [5, 5.41) is 0. The molecule has 1 unspecified atom stereocenters. The summed E-state index contributed by atoms with van der Waals surface area (Å²) in [5.41, 5.74) is 6.74. The minimum Gasteiger partial charge on any atom is -0.484 e. The van der Waals surface area contributed by atoms with E-state index in [-0.39, 0.29) is 17.9 Å². The highest BCUT2D eigenvalue weighted by atomic mass is 16.5. The maximum atomic E-state index is 12.6. The van der Waals surface area contributed by atoms with E-state index < -0.39 is 6.04 Å². The Bertz CT molecular complexity index is 734. The van der Waals surface area contributed by atoms with Crippen LogP contribution in [0.3, 0.4) is 0 Å². The molecule has 1 aromatic heterocycles. The van der Waals surface area contributed by atoms with E-state index >= 15 is 0 Å². The van der Waals surface area contributed by atoms with Crippen molar-refractivity contribution in [3.05, 3.63) is 47.7 Å². The second-order valence-corrected chi connectivity index (χ2v) is 7.43. The third-order valence-electron chi connectivity index (χ3n) is 4.39. The first-order valence-electron chi connectivity index (χ1n) is 8.54. The number of hydrogen-bond acceptors (Lipinski definition) is 5. The summed E-state index contributed by atoms with van der Waals surface area (Å²) in [4.78, 5) is 18.8. The van der Waals surface area contributed by atoms with Crippen LogP contribution in [0.4, 0.5) is 0 Å². The Morgan fingerprint density at radius 2 is 2.08 bits per heavy atom. The van der Waals surface area contributed by atoms with E-state index in [1.165, 1.54) is 0 Å². The number of rotatable bonds is 4. The highest BCUT2D eigenvalue weighted by molar-refractivity contribution is 5.82. The van der Waals surface area contributed by atoms with Crippen molar-refractivity contribution in [3.63, 3.8) is 0 Å². The summed E-state index contributed by atoms with van der Waals surface area (Å²) >= 11 is 0. The summed E-state index contributed by atoms with van der Waals surface area (Å²) in [5.74, 6) is 1.99. The number of carbonyl (C=O) groups is 1. The summed E-state index contributed by atoms with van der Waals surface area (Å²) in [6, 6.07) is 9.01. The SMILES string of the molecule is CC(C)(C)C(N)C(=O)N1CCc2nc(COc3ccccc3)oc2C1. The monoisotopic (exact) mass is 343 g/mol. The fourth-order valence-electron chi connectivity index (χ4n) is 2.73. The minimum absolute atomic E-state index is 0.0448. The van der Waals surface area contributed by atoms with E-state index in [9.17, 15) is 4.79 Å². The first kappa shape index (κ1) is 17.5. The standard InChI is InChI=1S/C19H25N3O3/c1-19(2,3)17(20)18(23)22-10-9-14-15(11-22)25-16(21-14)12-24-13-7-5-4-6-8-13/h4-8,17H,9-12,20H2,1-3H3.